The smallest absolute Gasteiger partial charge is 0.0701 e. The molecule has 0 aliphatic carbocycles. The summed E-state index contributed by atoms with van der Waals surface area (Å²) in [6.07, 6.45) is 0. The van der Waals surface area contributed by atoms with Crippen molar-refractivity contribution in [2.75, 3.05) is 4.90 Å². The number of hydrogen-bond donors (Lipinski definition) is 0. The van der Waals surface area contributed by atoms with E-state index in [1.807, 2.05) is 0 Å². The molecule has 0 aliphatic rings. The molecule has 0 aliphatic heterocycles. The Kier molecular flexibility index (Phi) is 6.70. The van der Waals surface area contributed by atoms with Crippen molar-refractivity contribution in [2.24, 2.45) is 0 Å². The number of nitrogens with zero attached hydrogens (tertiary/aromatic N) is 1. The van der Waals surface area contributed by atoms with Crippen molar-refractivity contribution in [3.05, 3.63) is 137 Å². The largest absolute Gasteiger partial charge is 0.366 e. The Bertz CT molecular complexity index is 1060. The van der Waals surface area contributed by atoms with Crippen LogP contribution < -0.4 is 4.90 Å². The van der Waals surface area contributed by atoms with Gasteiger partial charge in [0.15, 0.2) is 0 Å². The van der Waals surface area contributed by atoms with Gasteiger partial charge in [0.1, 0.15) is 0 Å². The molecule has 168 valence electrons. The fourth-order valence-corrected chi connectivity index (χ4v) is 5.40. The second kappa shape index (κ2) is 9.67. The van der Waals surface area contributed by atoms with Gasteiger partial charge in [0, 0.05) is 17.8 Å². The minimum Gasteiger partial charge on any atom is -0.366 e. The van der Waals surface area contributed by atoms with Gasteiger partial charge in [0.25, 0.3) is 0 Å². The SMILES string of the molecule is Cc1cc(C(c2ccccc2)(c2ccccc2)c2ccccc2)ccc1N(C(C)C)C(C)C. The summed E-state index contributed by atoms with van der Waals surface area (Å²) in [6.45, 7) is 11.3. The van der Waals surface area contributed by atoms with Crippen LogP contribution in [0.25, 0.3) is 0 Å². The van der Waals surface area contributed by atoms with E-state index < -0.39 is 5.41 Å². The molecule has 4 aromatic carbocycles. The van der Waals surface area contributed by atoms with Crippen molar-refractivity contribution < 1.29 is 0 Å². The normalized spacial score (nSPS) is 11.7. The van der Waals surface area contributed by atoms with Gasteiger partial charge in [0.2, 0.25) is 0 Å². The molecule has 33 heavy (non-hydrogen) atoms. The number of hydrogen-bond acceptors (Lipinski definition) is 1. The summed E-state index contributed by atoms with van der Waals surface area (Å²) in [7, 11) is 0. The summed E-state index contributed by atoms with van der Waals surface area (Å²) >= 11 is 0. The number of benzene rings is 4. The Morgan fingerprint density at radius 1 is 0.515 bits per heavy atom. The van der Waals surface area contributed by atoms with Gasteiger partial charge >= 0.3 is 0 Å². The van der Waals surface area contributed by atoms with E-state index >= 15 is 0 Å². The van der Waals surface area contributed by atoms with Crippen molar-refractivity contribution in [1.29, 1.82) is 0 Å². The van der Waals surface area contributed by atoms with Gasteiger partial charge in [-0.2, -0.15) is 0 Å². The zero-order chi connectivity index (χ0) is 23.4. The predicted octanol–water partition coefficient (Wildman–Crippen LogP) is 8.00. The van der Waals surface area contributed by atoms with Gasteiger partial charge in [0.05, 0.1) is 5.41 Å². The average molecular weight is 434 g/mol. The Morgan fingerprint density at radius 3 is 1.24 bits per heavy atom. The standard InChI is InChI=1S/C32H35N/c1-24(2)33(25(3)4)31-22-21-30(23-26(31)5)32(27-15-9-6-10-16-27,28-17-11-7-12-18-28)29-19-13-8-14-20-29/h6-25H,1-5H3. The van der Waals surface area contributed by atoms with E-state index in [0.29, 0.717) is 12.1 Å². The summed E-state index contributed by atoms with van der Waals surface area (Å²) in [5.74, 6) is 0. The molecule has 0 unspecified atom stereocenters. The Morgan fingerprint density at radius 2 is 0.909 bits per heavy atom. The molecular formula is C32H35N. The molecule has 0 amide bonds. The van der Waals surface area contributed by atoms with Gasteiger partial charge in [-0.3, -0.25) is 0 Å². The van der Waals surface area contributed by atoms with Crippen LogP contribution in [-0.4, -0.2) is 12.1 Å². The lowest BCUT2D eigenvalue weighted by Gasteiger charge is -2.39. The van der Waals surface area contributed by atoms with Gasteiger partial charge < -0.3 is 4.90 Å². The molecule has 0 spiro atoms. The summed E-state index contributed by atoms with van der Waals surface area (Å²) in [6, 6.07) is 40.7. The predicted molar refractivity (Wildman–Crippen MR) is 142 cm³/mol. The van der Waals surface area contributed by atoms with Crippen LogP contribution in [-0.2, 0) is 5.41 Å². The molecule has 0 saturated carbocycles. The second-order valence-electron chi connectivity index (χ2n) is 9.44. The minimum atomic E-state index is -0.395. The maximum Gasteiger partial charge on any atom is 0.0701 e. The molecule has 1 heteroatoms. The van der Waals surface area contributed by atoms with Crippen molar-refractivity contribution in [3.63, 3.8) is 0 Å². The molecule has 4 rings (SSSR count). The van der Waals surface area contributed by atoms with E-state index in [-0.39, 0.29) is 0 Å². The van der Waals surface area contributed by atoms with Crippen LogP contribution >= 0.6 is 0 Å². The van der Waals surface area contributed by atoms with Crippen LogP contribution in [0.4, 0.5) is 5.69 Å². The summed E-state index contributed by atoms with van der Waals surface area (Å²) in [4.78, 5) is 2.51. The lowest BCUT2D eigenvalue weighted by atomic mass is 9.65. The van der Waals surface area contributed by atoms with Crippen LogP contribution in [0.5, 0.6) is 0 Å². The highest BCUT2D eigenvalue weighted by atomic mass is 15.2. The molecule has 0 aromatic heterocycles. The lowest BCUT2D eigenvalue weighted by molar-refractivity contribution is 0.606. The summed E-state index contributed by atoms with van der Waals surface area (Å²) < 4.78 is 0. The molecule has 0 saturated heterocycles. The fourth-order valence-electron chi connectivity index (χ4n) is 5.40. The Balaban J connectivity index is 2.03. The molecule has 0 heterocycles. The van der Waals surface area contributed by atoms with Crippen LogP contribution in [0, 0.1) is 6.92 Å². The fraction of sp³-hybridized carbons (Fsp3) is 0.250. The maximum absolute atomic E-state index is 2.51. The zero-order valence-electron chi connectivity index (χ0n) is 20.5. The highest BCUT2D eigenvalue weighted by Crippen LogP contribution is 2.46. The quantitative estimate of drug-likeness (QED) is 0.267. The third-order valence-corrected chi connectivity index (χ3v) is 6.64. The van der Waals surface area contributed by atoms with E-state index in [4.69, 9.17) is 0 Å². The number of aryl methyl sites for hydroxylation is 1. The van der Waals surface area contributed by atoms with Crippen molar-refractivity contribution in [1.82, 2.24) is 0 Å². The summed E-state index contributed by atoms with van der Waals surface area (Å²) in [5.41, 5.74) is 7.35. The first kappa shape index (κ1) is 22.9. The van der Waals surface area contributed by atoms with Gasteiger partial charge in [-0.25, -0.2) is 0 Å². The number of rotatable bonds is 7. The highest BCUT2D eigenvalue weighted by Gasteiger charge is 2.38. The molecule has 0 fully saturated rings. The van der Waals surface area contributed by atoms with E-state index in [2.05, 4.69) is 149 Å². The van der Waals surface area contributed by atoms with Gasteiger partial charge in [-0.15, -0.1) is 0 Å². The molecule has 0 N–H and O–H groups in total. The second-order valence-corrected chi connectivity index (χ2v) is 9.44. The van der Waals surface area contributed by atoms with E-state index in [9.17, 15) is 0 Å². The van der Waals surface area contributed by atoms with E-state index in [1.54, 1.807) is 0 Å². The van der Waals surface area contributed by atoms with Gasteiger partial charge in [-0.1, -0.05) is 103 Å². The monoisotopic (exact) mass is 433 g/mol. The van der Waals surface area contributed by atoms with Crippen molar-refractivity contribution in [2.45, 2.75) is 52.1 Å². The van der Waals surface area contributed by atoms with Crippen molar-refractivity contribution >= 4 is 5.69 Å². The third-order valence-electron chi connectivity index (χ3n) is 6.64. The average Bonchev–Trinajstić information content (AvgIpc) is 2.83. The maximum atomic E-state index is 2.51. The highest BCUT2D eigenvalue weighted by molar-refractivity contribution is 5.64. The first-order chi connectivity index (χ1) is 16.0. The van der Waals surface area contributed by atoms with Gasteiger partial charge in [-0.05, 0) is 68.5 Å². The molecule has 0 radical (unpaired) electrons. The zero-order valence-corrected chi connectivity index (χ0v) is 20.5. The van der Waals surface area contributed by atoms with Crippen molar-refractivity contribution in [3.8, 4) is 0 Å². The molecule has 0 atom stereocenters. The van der Waals surface area contributed by atoms with Crippen LogP contribution in [0.15, 0.2) is 109 Å². The van der Waals surface area contributed by atoms with E-state index in [0.717, 1.165) is 0 Å². The molecule has 4 aromatic rings. The third kappa shape index (κ3) is 4.20. The molecule has 1 nitrogen and oxygen atoms in total. The molecular weight excluding hydrogens is 398 g/mol. The topological polar surface area (TPSA) is 3.24 Å². The Labute approximate surface area is 199 Å². The first-order valence-electron chi connectivity index (χ1n) is 12.0. The van der Waals surface area contributed by atoms with Crippen LogP contribution in [0.3, 0.4) is 0 Å². The lowest BCUT2D eigenvalue weighted by Crippen LogP contribution is -2.37. The Hall–Kier alpha value is -3.32. The minimum absolute atomic E-state index is 0.395. The molecule has 0 bridgehead atoms. The number of anilines is 1. The van der Waals surface area contributed by atoms with Crippen LogP contribution in [0.1, 0.15) is 55.5 Å². The van der Waals surface area contributed by atoms with Crippen LogP contribution in [0.2, 0.25) is 0 Å². The first-order valence-corrected chi connectivity index (χ1v) is 12.0. The summed E-state index contributed by atoms with van der Waals surface area (Å²) in [5, 5.41) is 0. The van der Waals surface area contributed by atoms with E-state index in [1.165, 1.54) is 33.5 Å².